The van der Waals surface area contributed by atoms with Crippen molar-refractivity contribution >= 4 is 31.9 Å². The van der Waals surface area contributed by atoms with E-state index in [1.165, 1.54) is 5.56 Å². The number of alkyl halides is 1. The van der Waals surface area contributed by atoms with Crippen molar-refractivity contribution in [2.24, 2.45) is 11.5 Å². The van der Waals surface area contributed by atoms with E-state index in [2.05, 4.69) is 44.0 Å². The third-order valence-electron chi connectivity index (χ3n) is 1.68. The molecule has 0 aliphatic heterocycles. The molecule has 4 N–H and O–H groups in total. The highest BCUT2D eigenvalue weighted by atomic mass is 79.9. The SMILES string of the molecule is NCCCBr.NCCc1ccc(Br)cc1. The zero-order chi connectivity index (χ0) is 11.5. The first-order valence-corrected chi connectivity index (χ1v) is 6.86. The van der Waals surface area contributed by atoms with Crippen LogP contribution in [0.2, 0.25) is 0 Å². The lowest BCUT2D eigenvalue weighted by Gasteiger charge is -1.96. The van der Waals surface area contributed by atoms with Crippen molar-refractivity contribution in [2.75, 3.05) is 18.4 Å². The van der Waals surface area contributed by atoms with E-state index in [1.54, 1.807) is 0 Å². The fourth-order valence-corrected chi connectivity index (χ4v) is 1.48. The number of nitrogens with two attached hydrogens (primary N) is 2. The van der Waals surface area contributed by atoms with Gasteiger partial charge in [0.05, 0.1) is 0 Å². The van der Waals surface area contributed by atoms with Crippen LogP contribution in [0.4, 0.5) is 0 Å². The fraction of sp³-hybridized carbons (Fsp3) is 0.455. The molecule has 0 saturated heterocycles. The first-order valence-electron chi connectivity index (χ1n) is 4.95. The molecule has 2 nitrogen and oxygen atoms in total. The van der Waals surface area contributed by atoms with Gasteiger partial charge in [0.25, 0.3) is 0 Å². The minimum absolute atomic E-state index is 0.724. The van der Waals surface area contributed by atoms with Crippen molar-refractivity contribution < 1.29 is 0 Å². The monoisotopic (exact) mass is 336 g/mol. The summed E-state index contributed by atoms with van der Waals surface area (Å²) in [5, 5.41) is 1.03. The molecule has 0 unspecified atom stereocenters. The number of hydrogen-bond donors (Lipinski definition) is 2. The van der Waals surface area contributed by atoms with Gasteiger partial charge in [0, 0.05) is 9.80 Å². The van der Waals surface area contributed by atoms with Gasteiger partial charge in [0.2, 0.25) is 0 Å². The molecule has 1 rings (SSSR count). The van der Waals surface area contributed by atoms with E-state index in [0.717, 1.165) is 35.7 Å². The van der Waals surface area contributed by atoms with Crippen LogP contribution >= 0.6 is 31.9 Å². The number of benzene rings is 1. The van der Waals surface area contributed by atoms with E-state index in [0.29, 0.717) is 0 Å². The Bertz CT molecular complexity index is 235. The van der Waals surface area contributed by atoms with Crippen LogP contribution in [0.15, 0.2) is 28.7 Å². The molecule has 0 aliphatic rings. The molecule has 0 aromatic heterocycles. The molecule has 1 aromatic carbocycles. The summed E-state index contributed by atoms with van der Waals surface area (Å²) in [6.07, 6.45) is 2.05. The van der Waals surface area contributed by atoms with Crippen molar-refractivity contribution in [3.8, 4) is 0 Å². The van der Waals surface area contributed by atoms with Crippen LogP contribution in [-0.4, -0.2) is 18.4 Å². The molecule has 0 amide bonds. The van der Waals surface area contributed by atoms with Gasteiger partial charge in [-0.2, -0.15) is 0 Å². The molecule has 0 fully saturated rings. The zero-order valence-electron chi connectivity index (χ0n) is 8.76. The molecular formula is C11H18Br2N2. The van der Waals surface area contributed by atoms with Crippen LogP contribution in [-0.2, 0) is 6.42 Å². The minimum Gasteiger partial charge on any atom is -0.330 e. The topological polar surface area (TPSA) is 52.0 Å². The highest BCUT2D eigenvalue weighted by Gasteiger charge is 1.89. The summed E-state index contributed by atoms with van der Waals surface area (Å²) in [4.78, 5) is 0. The van der Waals surface area contributed by atoms with Crippen LogP contribution in [0, 0.1) is 0 Å². The summed E-state index contributed by atoms with van der Waals surface area (Å²) < 4.78 is 1.12. The minimum atomic E-state index is 0.724. The van der Waals surface area contributed by atoms with E-state index in [1.807, 2.05) is 12.1 Å². The average Bonchev–Trinajstić information content (AvgIpc) is 2.24. The molecule has 0 aliphatic carbocycles. The van der Waals surface area contributed by atoms with E-state index >= 15 is 0 Å². The highest BCUT2D eigenvalue weighted by molar-refractivity contribution is 9.10. The van der Waals surface area contributed by atoms with Gasteiger partial charge in [-0.3, -0.25) is 0 Å². The highest BCUT2D eigenvalue weighted by Crippen LogP contribution is 2.10. The van der Waals surface area contributed by atoms with Gasteiger partial charge < -0.3 is 11.5 Å². The quantitative estimate of drug-likeness (QED) is 0.830. The van der Waals surface area contributed by atoms with E-state index in [-0.39, 0.29) is 0 Å². The summed E-state index contributed by atoms with van der Waals surface area (Å²) in [6, 6.07) is 8.23. The van der Waals surface area contributed by atoms with E-state index < -0.39 is 0 Å². The molecule has 15 heavy (non-hydrogen) atoms. The molecule has 0 spiro atoms. The van der Waals surface area contributed by atoms with Gasteiger partial charge in [-0.15, -0.1) is 0 Å². The smallest absolute Gasteiger partial charge is 0.0175 e. The first kappa shape index (κ1) is 15.1. The normalized spacial score (nSPS) is 9.33. The van der Waals surface area contributed by atoms with Crippen LogP contribution < -0.4 is 11.5 Å². The maximum atomic E-state index is 5.39. The molecule has 1 aromatic rings. The van der Waals surface area contributed by atoms with Gasteiger partial charge in [-0.1, -0.05) is 44.0 Å². The molecule has 4 heteroatoms. The van der Waals surface area contributed by atoms with Crippen LogP contribution in [0.3, 0.4) is 0 Å². The van der Waals surface area contributed by atoms with Crippen molar-refractivity contribution in [1.29, 1.82) is 0 Å². The lowest BCUT2D eigenvalue weighted by molar-refractivity contribution is 0.949. The second kappa shape index (κ2) is 10.6. The maximum absolute atomic E-state index is 5.39. The molecule has 0 atom stereocenters. The Balaban J connectivity index is 0.000000336. The van der Waals surface area contributed by atoms with Gasteiger partial charge in [-0.05, 0) is 43.6 Å². The van der Waals surface area contributed by atoms with Crippen LogP contribution in [0.1, 0.15) is 12.0 Å². The summed E-state index contributed by atoms with van der Waals surface area (Å²) in [7, 11) is 0. The molecule has 86 valence electrons. The lowest BCUT2D eigenvalue weighted by Crippen LogP contribution is -2.01. The number of halogens is 2. The molecular weight excluding hydrogens is 320 g/mol. The maximum Gasteiger partial charge on any atom is 0.0175 e. The average molecular weight is 338 g/mol. The van der Waals surface area contributed by atoms with Crippen molar-refractivity contribution in [1.82, 2.24) is 0 Å². The second-order valence-corrected chi connectivity index (χ2v) is 4.71. The van der Waals surface area contributed by atoms with Gasteiger partial charge in [0.15, 0.2) is 0 Å². The van der Waals surface area contributed by atoms with E-state index in [4.69, 9.17) is 11.5 Å². The lowest BCUT2D eigenvalue weighted by atomic mass is 10.2. The Kier molecular flexibility index (Phi) is 10.7. The number of rotatable bonds is 4. The number of hydrogen-bond acceptors (Lipinski definition) is 2. The summed E-state index contributed by atoms with van der Waals surface area (Å²) in [5.41, 5.74) is 11.8. The van der Waals surface area contributed by atoms with Gasteiger partial charge in [-0.25, -0.2) is 0 Å². The Hall–Kier alpha value is 0.100. The molecule has 0 saturated carbocycles. The Labute approximate surface area is 109 Å². The Morgan fingerprint density at radius 1 is 1.00 bits per heavy atom. The fourth-order valence-electron chi connectivity index (χ4n) is 0.895. The standard InChI is InChI=1S/C8H10BrN.C3H8BrN/c9-8-3-1-7(2-4-8)5-6-10;4-2-1-3-5/h1-4H,5-6,10H2;1-3,5H2. The molecule has 0 heterocycles. The van der Waals surface area contributed by atoms with Crippen molar-refractivity contribution in [3.63, 3.8) is 0 Å². The summed E-state index contributed by atoms with van der Waals surface area (Å²) in [6.45, 7) is 1.52. The summed E-state index contributed by atoms with van der Waals surface area (Å²) >= 11 is 6.59. The van der Waals surface area contributed by atoms with Gasteiger partial charge in [0.1, 0.15) is 0 Å². The second-order valence-electron chi connectivity index (χ2n) is 3.00. The van der Waals surface area contributed by atoms with Crippen molar-refractivity contribution in [3.05, 3.63) is 34.3 Å². The summed E-state index contributed by atoms with van der Waals surface area (Å²) in [5.74, 6) is 0. The third-order valence-corrected chi connectivity index (χ3v) is 2.77. The zero-order valence-corrected chi connectivity index (χ0v) is 11.9. The largest absolute Gasteiger partial charge is 0.330 e. The van der Waals surface area contributed by atoms with E-state index in [9.17, 15) is 0 Å². The Morgan fingerprint density at radius 2 is 1.60 bits per heavy atom. The van der Waals surface area contributed by atoms with Crippen LogP contribution in [0.25, 0.3) is 0 Å². The van der Waals surface area contributed by atoms with Crippen LogP contribution in [0.5, 0.6) is 0 Å². The first-order chi connectivity index (χ1) is 7.24. The Morgan fingerprint density at radius 3 is 1.93 bits per heavy atom. The van der Waals surface area contributed by atoms with Crippen molar-refractivity contribution in [2.45, 2.75) is 12.8 Å². The molecule has 0 radical (unpaired) electrons. The predicted octanol–water partition coefficient (Wildman–Crippen LogP) is 2.68. The predicted molar refractivity (Wildman–Crippen MR) is 74.4 cm³/mol. The molecule has 0 bridgehead atoms. The third kappa shape index (κ3) is 9.05. The van der Waals surface area contributed by atoms with Gasteiger partial charge >= 0.3 is 0 Å².